The number of hydrogen-bond acceptors (Lipinski definition) is 0. The molecule has 4 rings (SSSR count). The van der Waals surface area contributed by atoms with Crippen LogP contribution < -0.4 is 0 Å². The quantitative estimate of drug-likeness (QED) is 0.150. The van der Waals surface area contributed by atoms with E-state index in [0.717, 1.165) is 6.42 Å². The van der Waals surface area contributed by atoms with Crippen molar-refractivity contribution in [3.05, 3.63) is 141 Å². The van der Waals surface area contributed by atoms with Gasteiger partial charge in [0.05, 0.1) is 0 Å². The minimum Gasteiger partial charge on any atom is -0.0601 e. The second kappa shape index (κ2) is 19.9. The summed E-state index contributed by atoms with van der Waals surface area (Å²) in [6.07, 6.45) is 5.79. The van der Waals surface area contributed by atoms with Crippen LogP contribution in [0.4, 0.5) is 0 Å². The standard InChI is InChI=1S/C30H46.2C15H24/c1-22-12-15-26(30(10,11)21-28(5,6)7)19-24(22)18-23-13-16-25(17-14-23)29(8,9)20-27(2,3)4;2*1-12-7-9-13(10-8-12)15(5,6)11-14(2,3)4/h12-17,19H,18,20-21H2,1-11H3;2*7-10H,11H2,1-6H3. The monoisotopic (exact) mass is 815 g/mol. The van der Waals surface area contributed by atoms with Gasteiger partial charge in [0.25, 0.3) is 0 Å². The summed E-state index contributed by atoms with van der Waals surface area (Å²) in [7, 11) is 0. The van der Waals surface area contributed by atoms with Crippen molar-refractivity contribution in [3.8, 4) is 0 Å². The van der Waals surface area contributed by atoms with Crippen molar-refractivity contribution in [3.63, 3.8) is 0 Å². The number of hydrogen-bond donors (Lipinski definition) is 0. The molecule has 0 heteroatoms. The maximum atomic E-state index is 2.46. The number of rotatable bonds is 10. The second-order valence-electron chi connectivity index (χ2n) is 26.2. The van der Waals surface area contributed by atoms with Crippen LogP contribution in [0.2, 0.25) is 0 Å². The average Bonchev–Trinajstić information content (AvgIpc) is 3.03. The maximum Gasteiger partial charge on any atom is -0.00230 e. The lowest BCUT2D eigenvalue weighted by Crippen LogP contribution is -2.25. The van der Waals surface area contributed by atoms with Gasteiger partial charge in [-0.15, -0.1) is 0 Å². The maximum absolute atomic E-state index is 2.46. The zero-order valence-electron chi connectivity index (χ0n) is 43.7. The van der Waals surface area contributed by atoms with Crippen molar-refractivity contribution in [1.82, 2.24) is 0 Å². The van der Waals surface area contributed by atoms with Crippen LogP contribution in [-0.2, 0) is 28.1 Å². The molecule has 4 aromatic rings. The highest BCUT2D eigenvalue weighted by molar-refractivity contribution is 5.39. The van der Waals surface area contributed by atoms with E-state index in [-0.39, 0.29) is 21.7 Å². The Morgan fingerprint density at radius 2 is 0.550 bits per heavy atom. The van der Waals surface area contributed by atoms with E-state index in [1.807, 2.05) is 0 Å². The highest BCUT2D eigenvalue weighted by Crippen LogP contribution is 2.40. The van der Waals surface area contributed by atoms with Crippen molar-refractivity contribution in [2.24, 2.45) is 21.7 Å². The van der Waals surface area contributed by atoms with E-state index in [9.17, 15) is 0 Å². The lowest BCUT2D eigenvalue weighted by molar-refractivity contribution is 0.283. The molecule has 4 aromatic carbocycles. The van der Waals surface area contributed by atoms with Gasteiger partial charge >= 0.3 is 0 Å². The molecule has 0 aliphatic rings. The molecule has 0 aliphatic heterocycles. The first-order valence-electron chi connectivity index (χ1n) is 23.2. The van der Waals surface area contributed by atoms with E-state index in [1.54, 1.807) is 0 Å². The fourth-order valence-electron chi connectivity index (χ4n) is 10.3. The van der Waals surface area contributed by atoms with Gasteiger partial charge in [-0.2, -0.15) is 0 Å². The molecule has 0 amide bonds. The Bertz CT molecular complexity index is 1810. The molecule has 0 spiro atoms. The van der Waals surface area contributed by atoms with Crippen molar-refractivity contribution in [2.45, 2.75) is 213 Å². The van der Waals surface area contributed by atoms with Gasteiger partial charge in [0.2, 0.25) is 0 Å². The molecule has 0 aromatic heterocycles. The fourth-order valence-corrected chi connectivity index (χ4v) is 10.3. The highest BCUT2D eigenvalue weighted by Gasteiger charge is 2.30. The number of benzene rings is 4. The Morgan fingerprint density at radius 1 is 0.300 bits per heavy atom. The lowest BCUT2D eigenvalue weighted by Gasteiger charge is -2.33. The van der Waals surface area contributed by atoms with Crippen LogP contribution >= 0.6 is 0 Å². The van der Waals surface area contributed by atoms with E-state index in [2.05, 4.69) is 250 Å². The van der Waals surface area contributed by atoms with E-state index in [4.69, 9.17) is 0 Å². The molecule has 0 saturated carbocycles. The summed E-state index contributed by atoms with van der Waals surface area (Å²) in [5, 5.41) is 0. The van der Waals surface area contributed by atoms with Crippen LogP contribution in [0.3, 0.4) is 0 Å². The summed E-state index contributed by atoms with van der Waals surface area (Å²) in [6.45, 7) is 53.3. The molecule has 0 unspecified atom stereocenters. The van der Waals surface area contributed by atoms with Crippen molar-refractivity contribution >= 4 is 0 Å². The molecule has 0 saturated heterocycles. The Hall–Kier alpha value is -3.12. The molecule has 0 heterocycles. The summed E-state index contributed by atoms with van der Waals surface area (Å²) >= 11 is 0. The molecule has 60 heavy (non-hydrogen) atoms. The molecule has 0 radical (unpaired) electrons. The summed E-state index contributed by atoms with van der Waals surface area (Å²) in [6, 6.07) is 34.4. The van der Waals surface area contributed by atoms with Crippen LogP contribution in [0.15, 0.2) is 91.0 Å². The minimum atomic E-state index is 0.182. The number of aryl methyl sites for hydroxylation is 3. The van der Waals surface area contributed by atoms with E-state index in [0.29, 0.717) is 21.7 Å². The van der Waals surface area contributed by atoms with Gasteiger partial charge in [-0.1, -0.05) is 241 Å². The highest BCUT2D eigenvalue weighted by atomic mass is 14.3. The van der Waals surface area contributed by atoms with Gasteiger partial charge < -0.3 is 0 Å². The third kappa shape index (κ3) is 18.9. The minimum absolute atomic E-state index is 0.182. The van der Waals surface area contributed by atoms with Gasteiger partial charge in [0.1, 0.15) is 0 Å². The van der Waals surface area contributed by atoms with E-state index in [1.165, 1.54) is 75.8 Å². The van der Waals surface area contributed by atoms with Gasteiger partial charge in [-0.3, -0.25) is 0 Å². The molecule has 334 valence electrons. The SMILES string of the molecule is Cc1ccc(C(C)(C)CC(C)(C)C)cc1.Cc1ccc(C(C)(C)CC(C)(C)C)cc1.Cc1ccc(C(C)(C)CC(C)(C)C)cc1Cc1ccc(C(C)(C)CC(C)(C)C)cc1. The Labute approximate surface area is 374 Å². The smallest absolute Gasteiger partial charge is 0.00230 e. The third-order valence-electron chi connectivity index (χ3n) is 11.8. The summed E-state index contributed by atoms with van der Waals surface area (Å²) in [5.41, 5.74) is 15.1. The molecular weight excluding hydrogens is 721 g/mol. The van der Waals surface area contributed by atoms with Crippen molar-refractivity contribution < 1.29 is 0 Å². The molecule has 0 atom stereocenters. The van der Waals surface area contributed by atoms with E-state index < -0.39 is 0 Å². The summed E-state index contributed by atoms with van der Waals surface area (Å²) in [5.74, 6) is 0. The Kier molecular flexibility index (Phi) is 17.6. The second-order valence-corrected chi connectivity index (χ2v) is 26.2. The molecular formula is C60H94. The van der Waals surface area contributed by atoms with Gasteiger partial charge in [-0.05, 0) is 135 Å². The Balaban J connectivity index is 0.000000346. The van der Waals surface area contributed by atoms with Crippen molar-refractivity contribution in [2.75, 3.05) is 0 Å². The first-order chi connectivity index (χ1) is 26.9. The van der Waals surface area contributed by atoms with Crippen LogP contribution in [-0.4, -0.2) is 0 Å². The summed E-state index contributed by atoms with van der Waals surface area (Å²) < 4.78 is 0. The van der Waals surface area contributed by atoms with Crippen LogP contribution in [0.25, 0.3) is 0 Å². The largest absolute Gasteiger partial charge is 0.0601 e. The first kappa shape index (κ1) is 53.0. The molecule has 0 N–H and O–H groups in total. The van der Waals surface area contributed by atoms with Gasteiger partial charge in [0.15, 0.2) is 0 Å². The van der Waals surface area contributed by atoms with Crippen LogP contribution in [0.1, 0.15) is 214 Å². The zero-order chi connectivity index (χ0) is 46.3. The zero-order valence-corrected chi connectivity index (χ0v) is 43.7. The predicted molar refractivity (Wildman–Crippen MR) is 271 cm³/mol. The van der Waals surface area contributed by atoms with Gasteiger partial charge in [0, 0.05) is 0 Å². The van der Waals surface area contributed by atoms with Crippen LogP contribution in [0.5, 0.6) is 0 Å². The fraction of sp³-hybridized carbons (Fsp3) is 0.600. The normalized spacial score (nSPS) is 13.2. The van der Waals surface area contributed by atoms with Gasteiger partial charge in [-0.25, -0.2) is 0 Å². The molecule has 0 nitrogen and oxygen atoms in total. The first-order valence-corrected chi connectivity index (χ1v) is 23.2. The topological polar surface area (TPSA) is 0 Å². The lowest BCUT2D eigenvalue weighted by atomic mass is 9.71. The molecule has 0 fully saturated rings. The third-order valence-corrected chi connectivity index (χ3v) is 11.8. The molecule has 0 bridgehead atoms. The van der Waals surface area contributed by atoms with Crippen LogP contribution in [0, 0.1) is 42.4 Å². The Morgan fingerprint density at radius 3 is 0.833 bits per heavy atom. The average molecular weight is 815 g/mol. The molecule has 0 aliphatic carbocycles. The van der Waals surface area contributed by atoms with E-state index >= 15 is 0 Å². The summed E-state index contributed by atoms with van der Waals surface area (Å²) in [4.78, 5) is 0. The van der Waals surface area contributed by atoms with Crippen molar-refractivity contribution in [1.29, 1.82) is 0 Å². The predicted octanol–water partition coefficient (Wildman–Crippen LogP) is 18.4.